The van der Waals surface area contributed by atoms with Gasteiger partial charge in [0.25, 0.3) is 0 Å². The Kier molecular flexibility index (Phi) is 4.13. The van der Waals surface area contributed by atoms with Crippen LogP contribution in [0.15, 0.2) is 12.1 Å². The van der Waals surface area contributed by atoms with Crippen LogP contribution in [0.4, 0.5) is 0 Å². The van der Waals surface area contributed by atoms with Gasteiger partial charge in [0.1, 0.15) is 0 Å². The predicted octanol–water partition coefficient (Wildman–Crippen LogP) is 1.75. The van der Waals surface area contributed by atoms with Crippen LogP contribution < -0.4 is 11.1 Å². The number of hydrogen-bond donors (Lipinski definition) is 2. The van der Waals surface area contributed by atoms with Crippen molar-refractivity contribution < 1.29 is 4.79 Å². The first-order valence-corrected chi connectivity index (χ1v) is 5.92. The van der Waals surface area contributed by atoms with Crippen LogP contribution >= 0.6 is 22.9 Å². The van der Waals surface area contributed by atoms with E-state index in [0.29, 0.717) is 17.4 Å². The second-order valence-corrected chi connectivity index (χ2v) is 5.49. The molecule has 15 heavy (non-hydrogen) atoms. The Morgan fingerprint density at radius 2 is 2.27 bits per heavy atom. The van der Waals surface area contributed by atoms with E-state index >= 15 is 0 Å². The molecule has 0 aromatic carbocycles. The minimum absolute atomic E-state index is 0.0218. The molecule has 0 radical (unpaired) electrons. The van der Waals surface area contributed by atoms with Crippen molar-refractivity contribution in [3.8, 4) is 0 Å². The van der Waals surface area contributed by atoms with Crippen molar-refractivity contribution in [3.63, 3.8) is 0 Å². The van der Waals surface area contributed by atoms with Crippen molar-refractivity contribution in [2.45, 2.75) is 19.3 Å². The second kappa shape index (κ2) is 4.96. The van der Waals surface area contributed by atoms with Crippen LogP contribution in [-0.2, 0) is 10.2 Å². The van der Waals surface area contributed by atoms with Crippen LogP contribution in [0.5, 0.6) is 0 Å². The number of halogens is 1. The first-order chi connectivity index (χ1) is 6.98. The van der Waals surface area contributed by atoms with Gasteiger partial charge in [0.2, 0.25) is 5.91 Å². The monoisotopic (exact) mass is 246 g/mol. The highest BCUT2D eigenvalue weighted by Gasteiger charge is 2.30. The zero-order chi connectivity index (χ0) is 11.5. The molecule has 0 aliphatic rings. The largest absolute Gasteiger partial charge is 0.354 e. The third-order valence-corrected chi connectivity index (χ3v) is 3.74. The van der Waals surface area contributed by atoms with E-state index in [-0.39, 0.29) is 5.91 Å². The highest BCUT2D eigenvalue weighted by molar-refractivity contribution is 7.16. The molecular weight excluding hydrogens is 232 g/mol. The molecule has 3 N–H and O–H groups in total. The zero-order valence-corrected chi connectivity index (χ0v) is 10.4. The quantitative estimate of drug-likeness (QED) is 0.851. The molecular formula is C10H15ClN2OS. The average molecular weight is 247 g/mol. The molecule has 0 saturated carbocycles. The fourth-order valence-electron chi connectivity index (χ4n) is 1.17. The number of thiophene rings is 1. The van der Waals surface area contributed by atoms with Gasteiger partial charge in [0, 0.05) is 18.0 Å². The smallest absolute Gasteiger partial charge is 0.230 e. The fourth-order valence-corrected chi connectivity index (χ4v) is 2.31. The maximum Gasteiger partial charge on any atom is 0.230 e. The molecule has 0 bridgehead atoms. The fraction of sp³-hybridized carbons (Fsp3) is 0.500. The molecule has 84 valence electrons. The molecule has 1 aromatic rings. The summed E-state index contributed by atoms with van der Waals surface area (Å²) in [5, 5.41) is 2.78. The Morgan fingerprint density at radius 1 is 1.60 bits per heavy atom. The number of nitrogens with two attached hydrogens (primary N) is 1. The van der Waals surface area contributed by atoms with Crippen molar-refractivity contribution in [1.29, 1.82) is 0 Å². The standard InChI is InChI=1S/C10H15ClN2OS/c1-10(2,9(14)13-6-5-12)7-3-4-8(11)15-7/h3-4H,5-6,12H2,1-2H3,(H,13,14). The summed E-state index contributed by atoms with van der Waals surface area (Å²) in [6.07, 6.45) is 0. The van der Waals surface area contributed by atoms with Gasteiger partial charge in [0.05, 0.1) is 9.75 Å². The van der Waals surface area contributed by atoms with E-state index < -0.39 is 5.41 Å². The molecule has 0 atom stereocenters. The lowest BCUT2D eigenvalue weighted by Gasteiger charge is -2.21. The average Bonchev–Trinajstić information content (AvgIpc) is 2.61. The van der Waals surface area contributed by atoms with Gasteiger partial charge in [-0.05, 0) is 26.0 Å². The first-order valence-electron chi connectivity index (χ1n) is 4.72. The molecule has 1 heterocycles. The number of carbonyl (C=O) groups is 1. The van der Waals surface area contributed by atoms with Crippen LogP contribution in [0.1, 0.15) is 18.7 Å². The van der Waals surface area contributed by atoms with Crippen molar-refractivity contribution >= 4 is 28.8 Å². The summed E-state index contributed by atoms with van der Waals surface area (Å²) in [6.45, 7) is 4.70. The van der Waals surface area contributed by atoms with Crippen LogP contribution in [0.25, 0.3) is 0 Å². The molecule has 1 aromatic heterocycles. The maximum atomic E-state index is 11.8. The summed E-state index contributed by atoms with van der Waals surface area (Å²) < 4.78 is 0.699. The second-order valence-electron chi connectivity index (χ2n) is 3.77. The minimum atomic E-state index is -0.549. The summed E-state index contributed by atoms with van der Waals surface area (Å²) in [5.41, 5.74) is 4.78. The molecule has 0 fully saturated rings. The van der Waals surface area contributed by atoms with E-state index in [1.807, 2.05) is 19.9 Å². The van der Waals surface area contributed by atoms with Crippen molar-refractivity contribution in [1.82, 2.24) is 5.32 Å². The molecule has 1 amide bonds. The third kappa shape index (κ3) is 2.93. The number of rotatable bonds is 4. The number of hydrogen-bond acceptors (Lipinski definition) is 3. The topological polar surface area (TPSA) is 55.1 Å². The zero-order valence-electron chi connectivity index (χ0n) is 8.84. The van der Waals surface area contributed by atoms with E-state index in [0.717, 1.165) is 4.88 Å². The van der Waals surface area contributed by atoms with E-state index in [1.54, 1.807) is 6.07 Å². The lowest BCUT2D eigenvalue weighted by molar-refractivity contribution is -0.125. The normalized spacial score (nSPS) is 11.5. The van der Waals surface area contributed by atoms with Crippen LogP contribution in [-0.4, -0.2) is 19.0 Å². The first kappa shape index (κ1) is 12.5. The van der Waals surface area contributed by atoms with Gasteiger partial charge >= 0.3 is 0 Å². The predicted molar refractivity (Wildman–Crippen MR) is 64.4 cm³/mol. The SMILES string of the molecule is CC(C)(C(=O)NCCN)c1ccc(Cl)s1. The highest BCUT2D eigenvalue weighted by Crippen LogP contribution is 2.32. The van der Waals surface area contributed by atoms with Gasteiger partial charge in [-0.15, -0.1) is 11.3 Å². The Hall–Kier alpha value is -0.580. The van der Waals surface area contributed by atoms with Gasteiger partial charge < -0.3 is 11.1 Å². The molecule has 5 heteroatoms. The van der Waals surface area contributed by atoms with Gasteiger partial charge in [-0.3, -0.25) is 4.79 Å². The van der Waals surface area contributed by atoms with Crippen molar-refractivity contribution in [2.24, 2.45) is 5.73 Å². The Labute approximate surface area is 98.6 Å². The van der Waals surface area contributed by atoms with Gasteiger partial charge in [-0.25, -0.2) is 0 Å². The summed E-state index contributed by atoms with van der Waals surface area (Å²) in [7, 11) is 0. The summed E-state index contributed by atoms with van der Waals surface area (Å²) in [4.78, 5) is 12.8. The van der Waals surface area contributed by atoms with Crippen LogP contribution in [0.2, 0.25) is 4.34 Å². The molecule has 0 aliphatic carbocycles. The maximum absolute atomic E-state index is 11.8. The summed E-state index contributed by atoms with van der Waals surface area (Å²) >= 11 is 7.27. The molecule has 0 spiro atoms. The number of carbonyl (C=O) groups excluding carboxylic acids is 1. The molecule has 0 unspecified atom stereocenters. The third-order valence-electron chi connectivity index (χ3n) is 2.19. The lowest BCUT2D eigenvalue weighted by atomic mass is 9.90. The molecule has 1 rings (SSSR count). The van der Waals surface area contributed by atoms with Gasteiger partial charge in [0.15, 0.2) is 0 Å². The number of nitrogens with one attached hydrogen (secondary N) is 1. The van der Waals surface area contributed by atoms with Crippen LogP contribution in [0.3, 0.4) is 0 Å². The van der Waals surface area contributed by atoms with E-state index in [9.17, 15) is 4.79 Å². The van der Waals surface area contributed by atoms with Crippen molar-refractivity contribution in [3.05, 3.63) is 21.3 Å². The Bertz CT molecular complexity index is 349. The molecule has 0 aliphatic heterocycles. The summed E-state index contributed by atoms with van der Waals surface area (Å²) in [6, 6.07) is 3.69. The molecule has 0 saturated heterocycles. The Morgan fingerprint density at radius 3 is 2.73 bits per heavy atom. The van der Waals surface area contributed by atoms with Gasteiger partial charge in [-0.2, -0.15) is 0 Å². The van der Waals surface area contributed by atoms with E-state index in [2.05, 4.69) is 5.32 Å². The van der Waals surface area contributed by atoms with E-state index in [1.165, 1.54) is 11.3 Å². The molecule has 3 nitrogen and oxygen atoms in total. The van der Waals surface area contributed by atoms with Crippen molar-refractivity contribution in [2.75, 3.05) is 13.1 Å². The Balaban J connectivity index is 2.77. The van der Waals surface area contributed by atoms with Crippen LogP contribution in [0, 0.1) is 0 Å². The number of amides is 1. The van der Waals surface area contributed by atoms with E-state index in [4.69, 9.17) is 17.3 Å². The lowest BCUT2D eigenvalue weighted by Crippen LogP contribution is -2.41. The van der Waals surface area contributed by atoms with Gasteiger partial charge in [-0.1, -0.05) is 11.6 Å². The highest BCUT2D eigenvalue weighted by atomic mass is 35.5. The summed E-state index contributed by atoms with van der Waals surface area (Å²) in [5.74, 6) is -0.0218. The minimum Gasteiger partial charge on any atom is -0.354 e.